The number of carbonyl (C=O) groups is 1. The number of carbonyl (C=O) groups excluding carboxylic acids is 1. The third kappa shape index (κ3) is 10.0. The molecule has 1 aliphatic rings. The summed E-state index contributed by atoms with van der Waals surface area (Å²) in [5.41, 5.74) is -0.955. The number of ether oxygens (including phenoxy) is 1. The molecule has 1 rings (SSSR count). The van der Waals surface area contributed by atoms with Crippen LogP contribution in [0.1, 0.15) is 90.9 Å². The highest BCUT2D eigenvalue weighted by Gasteiger charge is 2.35. The van der Waals surface area contributed by atoms with Gasteiger partial charge in [-0.2, -0.15) is 0 Å². The van der Waals surface area contributed by atoms with E-state index in [0.29, 0.717) is 19.4 Å². The minimum Gasteiger partial charge on any atom is -0.466 e. The van der Waals surface area contributed by atoms with Crippen LogP contribution in [-0.4, -0.2) is 34.5 Å². The lowest BCUT2D eigenvalue weighted by Gasteiger charge is -2.35. The Morgan fingerprint density at radius 2 is 1.96 bits per heavy atom. The van der Waals surface area contributed by atoms with Crippen LogP contribution >= 0.6 is 0 Å². The highest BCUT2D eigenvalue weighted by molar-refractivity contribution is 5.70. The van der Waals surface area contributed by atoms with E-state index < -0.39 is 11.7 Å². The third-order valence-electron chi connectivity index (χ3n) is 5.10. The zero-order valence-corrected chi connectivity index (χ0v) is 16.2. The molecule has 0 amide bonds. The van der Waals surface area contributed by atoms with E-state index in [0.717, 1.165) is 25.7 Å². The minimum absolute atomic E-state index is 0.0749. The van der Waals surface area contributed by atoms with Gasteiger partial charge >= 0.3 is 5.97 Å². The number of hydrogen-bond acceptors (Lipinski definition) is 4. The Hall–Kier alpha value is -0.870. The van der Waals surface area contributed by atoms with Crippen LogP contribution in [0.3, 0.4) is 0 Å². The summed E-state index contributed by atoms with van der Waals surface area (Å²) in [6.07, 6.45) is 14.9. The van der Waals surface area contributed by atoms with Gasteiger partial charge in [-0.1, -0.05) is 57.6 Å². The van der Waals surface area contributed by atoms with Crippen LogP contribution in [-0.2, 0) is 9.53 Å². The van der Waals surface area contributed by atoms with Gasteiger partial charge in [-0.05, 0) is 44.9 Å². The summed E-state index contributed by atoms with van der Waals surface area (Å²) in [5, 5.41) is 20.8. The molecule has 0 heterocycles. The average Bonchev–Trinajstić information content (AvgIpc) is 2.56. The van der Waals surface area contributed by atoms with Crippen LogP contribution in [0, 0.1) is 5.92 Å². The largest absolute Gasteiger partial charge is 0.466 e. The second kappa shape index (κ2) is 12.5. The van der Waals surface area contributed by atoms with Gasteiger partial charge in [0.1, 0.15) is 0 Å². The van der Waals surface area contributed by atoms with Gasteiger partial charge in [0.25, 0.3) is 0 Å². The van der Waals surface area contributed by atoms with Crippen molar-refractivity contribution >= 4 is 5.97 Å². The maximum atomic E-state index is 11.7. The van der Waals surface area contributed by atoms with Crippen molar-refractivity contribution < 1.29 is 19.7 Å². The lowest BCUT2D eigenvalue weighted by molar-refractivity contribution is -0.150. The molecule has 1 fully saturated rings. The zero-order chi connectivity index (χ0) is 18.5. The van der Waals surface area contributed by atoms with Gasteiger partial charge < -0.3 is 14.9 Å². The normalized spacial score (nSPS) is 25.2. The Morgan fingerprint density at radius 1 is 1.24 bits per heavy atom. The monoisotopic (exact) mass is 354 g/mol. The fourth-order valence-corrected chi connectivity index (χ4v) is 3.71. The number of hydrogen-bond donors (Lipinski definition) is 2. The van der Waals surface area contributed by atoms with E-state index in [1.54, 1.807) is 6.92 Å². The molecule has 1 aliphatic carbocycles. The number of aliphatic hydroxyl groups is 2. The Morgan fingerprint density at radius 3 is 2.68 bits per heavy atom. The summed E-state index contributed by atoms with van der Waals surface area (Å²) in [4.78, 5) is 11.7. The number of aliphatic hydroxyl groups excluding tert-OH is 1. The fraction of sp³-hybridized carbons (Fsp3) is 0.857. The van der Waals surface area contributed by atoms with Gasteiger partial charge in [0, 0.05) is 0 Å². The van der Waals surface area contributed by atoms with Crippen LogP contribution in [0.2, 0.25) is 0 Å². The standard InChI is InChI=1S/C21H38O4/c1-3-5-6-7-8-9-12-19(22)14-13-18-11-10-15-21(24,16-18)17-20(23)25-4-2/h13-14,18-19,22,24H,3-12,15-17H2,1-2H3/b14-13+/t18-,19?,21-/m1/s1. The Balaban J connectivity index is 2.30. The molecule has 1 saturated carbocycles. The third-order valence-corrected chi connectivity index (χ3v) is 5.10. The van der Waals surface area contributed by atoms with E-state index in [2.05, 4.69) is 6.92 Å². The Labute approximate surface area is 153 Å². The van der Waals surface area contributed by atoms with E-state index in [1.807, 2.05) is 12.2 Å². The summed E-state index contributed by atoms with van der Waals surface area (Å²) in [6, 6.07) is 0. The van der Waals surface area contributed by atoms with Crippen molar-refractivity contribution in [3.63, 3.8) is 0 Å². The topological polar surface area (TPSA) is 66.8 Å². The Bertz CT molecular complexity index is 393. The lowest BCUT2D eigenvalue weighted by Crippen LogP contribution is -2.37. The molecule has 0 aromatic heterocycles. The number of rotatable bonds is 12. The van der Waals surface area contributed by atoms with Gasteiger partial charge in [-0.25, -0.2) is 0 Å². The highest BCUT2D eigenvalue weighted by atomic mass is 16.5. The summed E-state index contributed by atoms with van der Waals surface area (Å²) < 4.78 is 4.97. The van der Waals surface area contributed by atoms with Gasteiger partial charge in [-0.15, -0.1) is 0 Å². The smallest absolute Gasteiger partial charge is 0.308 e. The molecule has 4 heteroatoms. The first-order valence-corrected chi connectivity index (χ1v) is 10.2. The molecular formula is C21H38O4. The molecule has 25 heavy (non-hydrogen) atoms. The highest BCUT2D eigenvalue weighted by Crippen LogP contribution is 2.35. The molecule has 0 saturated heterocycles. The molecule has 0 bridgehead atoms. The number of esters is 1. The predicted octanol–water partition coefficient (Wildman–Crippen LogP) is 4.53. The fourth-order valence-electron chi connectivity index (χ4n) is 3.71. The van der Waals surface area contributed by atoms with Crippen molar-refractivity contribution in [1.29, 1.82) is 0 Å². The molecule has 1 unspecified atom stereocenters. The summed E-state index contributed by atoms with van der Waals surface area (Å²) >= 11 is 0. The second-order valence-corrected chi connectivity index (χ2v) is 7.57. The SMILES string of the molecule is CCCCCCCCC(O)/C=C/[C@H]1CCC[C@](O)(CC(=O)OCC)C1. The lowest BCUT2D eigenvalue weighted by atomic mass is 9.76. The maximum absolute atomic E-state index is 11.7. The predicted molar refractivity (Wildman–Crippen MR) is 101 cm³/mol. The zero-order valence-electron chi connectivity index (χ0n) is 16.2. The van der Waals surface area contributed by atoms with Crippen LogP contribution in [0.15, 0.2) is 12.2 Å². The van der Waals surface area contributed by atoms with E-state index in [1.165, 1.54) is 32.1 Å². The first-order chi connectivity index (χ1) is 12.0. The van der Waals surface area contributed by atoms with Crippen LogP contribution in [0.25, 0.3) is 0 Å². The summed E-state index contributed by atoms with van der Waals surface area (Å²) in [6.45, 7) is 4.34. The quantitative estimate of drug-likeness (QED) is 0.307. The molecule has 146 valence electrons. The molecule has 3 atom stereocenters. The minimum atomic E-state index is -0.955. The Kier molecular flexibility index (Phi) is 11.1. The van der Waals surface area contributed by atoms with E-state index >= 15 is 0 Å². The van der Waals surface area contributed by atoms with Crippen molar-refractivity contribution in [3.8, 4) is 0 Å². The van der Waals surface area contributed by atoms with Gasteiger partial charge in [0.05, 0.1) is 24.7 Å². The summed E-state index contributed by atoms with van der Waals surface area (Å²) in [5.74, 6) is -0.0925. The molecule has 0 aromatic carbocycles. The van der Waals surface area contributed by atoms with Crippen molar-refractivity contribution in [1.82, 2.24) is 0 Å². The second-order valence-electron chi connectivity index (χ2n) is 7.57. The van der Waals surface area contributed by atoms with Crippen LogP contribution in [0.4, 0.5) is 0 Å². The first kappa shape index (κ1) is 22.2. The first-order valence-electron chi connectivity index (χ1n) is 10.2. The molecule has 2 N–H and O–H groups in total. The number of allylic oxidation sites excluding steroid dienone is 1. The maximum Gasteiger partial charge on any atom is 0.308 e. The average molecular weight is 355 g/mol. The van der Waals surface area contributed by atoms with E-state index in [-0.39, 0.29) is 18.3 Å². The molecule has 0 spiro atoms. The van der Waals surface area contributed by atoms with Crippen molar-refractivity contribution in [2.45, 2.75) is 103 Å². The van der Waals surface area contributed by atoms with Crippen LogP contribution in [0.5, 0.6) is 0 Å². The van der Waals surface area contributed by atoms with Crippen molar-refractivity contribution in [2.24, 2.45) is 5.92 Å². The van der Waals surface area contributed by atoms with Gasteiger partial charge in [-0.3, -0.25) is 4.79 Å². The molecular weight excluding hydrogens is 316 g/mol. The van der Waals surface area contributed by atoms with Gasteiger partial charge in [0.15, 0.2) is 0 Å². The van der Waals surface area contributed by atoms with E-state index in [4.69, 9.17) is 4.74 Å². The van der Waals surface area contributed by atoms with Gasteiger partial charge in [0.2, 0.25) is 0 Å². The van der Waals surface area contributed by atoms with Crippen molar-refractivity contribution in [3.05, 3.63) is 12.2 Å². The van der Waals surface area contributed by atoms with Crippen LogP contribution < -0.4 is 0 Å². The molecule has 0 aliphatic heterocycles. The van der Waals surface area contributed by atoms with Crippen molar-refractivity contribution in [2.75, 3.05) is 6.61 Å². The number of unbranched alkanes of at least 4 members (excludes halogenated alkanes) is 5. The van der Waals surface area contributed by atoms with E-state index in [9.17, 15) is 15.0 Å². The summed E-state index contributed by atoms with van der Waals surface area (Å²) in [7, 11) is 0. The molecule has 0 aromatic rings. The molecule has 4 nitrogen and oxygen atoms in total. The molecule has 0 radical (unpaired) electrons.